The van der Waals surface area contributed by atoms with E-state index in [1.165, 1.54) is 6.07 Å². The molecule has 0 aliphatic carbocycles. The number of para-hydroxylation sites is 1. The molecule has 0 spiro atoms. The first kappa shape index (κ1) is 12.1. The summed E-state index contributed by atoms with van der Waals surface area (Å²) in [5.74, 6) is 0.179. The fourth-order valence-electron chi connectivity index (χ4n) is 2.69. The third-order valence-electron chi connectivity index (χ3n) is 3.50. The van der Waals surface area contributed by atoms with Gasteiger partial charge in [0.2, 0.25) is 0 Å². The van der Waals surface area contributed by atoms with E-state index in [2.05, 4.69) is 18.7 Å². The smallest absolute Gasteiger partial charge is 0.152 e. The lowest BCUT2D eigenvalue weighted by molar-refractivity contribution is 0.112. The highest BCUT2D eigenvalue weighted by Crippen LogP contribution is 2.33. The van der Waals surface area contributed by atoms with Gasteiger partial charge >= 0.3 is 0 Å². The van der Waals surface area contributed by atoms with E-state index in [-0.39, 0.29) is 5.82 Å². The third kappa shape index (κ3) is 2.19. The minimum Gasteiger partial charge on any atom is -0.365 e. The molecule has 1 aromatic carbocycles. The van der Waals surface area contributed by atoms with Gasteiger partial charge in [0.15, 0.2) is 6.29 Å². The topological polar surface area (TPSA) is 20.3 Å². The van der Waals surface area contributed by atoms with Gasteiger partial charge in [-0.15, -0.1) is 0 Å². The molecule has 0 saturated carbocycles. The van der Waals surface area contributed by atoms with Gasteiger partial charge in [0.05, 0.1) is 5.69 Å². The monoisotopic (exact) mass is 235 g/mol. The van der Waals surface area contributed by atoms with Crippen molar-refractivity contribution < 1.29 is 9.18 Å². The molecule has 0 radical (unpaired) electrons. The Hall–Kier alpha value is -1.38. The highest BCUT2D eigenvalue weighted by atomic mass is 19.1. The predicted octanol–water partition coefficient (Wildman–Crippen LogP) is 3.26. The van der Waals surface area contributed by atoms with Crippen molar-refractivity contribution in [3.8, 4) is 0 Å². The number of hydrogen-bond acceptors (Lipinski definition) is 2. The molecule has 0 aromatic heterocycles. The summed E-state index contributed by atoms with van der Waals surface area (Å²) in [5.41, 5.74) is 0.941. The molecular formula is C14H18FNO. The molecule has 2 nitrogen and oxygen atoms in total. The third-order valence-corrected chi connectivity index (χ3v) is 3.50. The van der Waals surface area contributed by atoms with Crippen LogP contribution in [0.5, 0.6) is 0 Å². The number of nitrogens with zero attached hydrogens (tertiary/aromatic N) is 1. The molecule has 2 rings (SSSR count). The van der Waals surface area contributed by atoms with Crippen molar-refractivity contribution in [2.75, 3.05) is 11.4 Å². The molecule has 1 saturated heterocycles. The Morgan fingerprint density at radius 2 is 2.24 bits per heavy atom. The SMILES string of the molecule is CC(C)C1CCCN1c1c(F)cccc1C=O. The Balaban J connectivity index is 2.42. The molecule has 3 heteroatoms. The van der Waals surface area contributed by atoms with Crippen molar-refractivity contribution in [2.45, 2.75) is 32.7 Å². The zero-order chi connectivity index (χ0) is 12.4. The summed E-state index contributed by atoms with van der Waals surface area (Å²) in [4.78, 5) is 13.1. The number of benzene rings is 1. The second-order valence-electron chi connectivity index (χ2n) is 4.94. The zero-order valence-corrected chi connectivity index (χ0v) is 10.3. The van der Waals surface area contributed by atoms with Crippen LogP contribution in [0, 0.1) is 11.7 Å². The molecule has 1 aliphatic rings. The summed E-state index contributed by atoms with van der Waals surface area (Å²) < 4.78 is 13.9. The van der Waals surface area contributed by atoms with Crippen LogP contribution in [0.15, 0.2) is 18.2 Å². The van der Waals surface area contributed by atoms with E-state index in [1.54, 1.807) is 12.1 Å². The number of aldehydes is 1. The van der Waals surface area contributed by atoms with E-state index in [9.17, 15) is 9.18 Å². The molecule has 1 aromatic rings. The van der Waals surface area contributed by atoms with Crippen LogP contribution < -0.4 is 4.90 Å². The molecule has 0 bridgehead atoms. The van der Waals surface area contributed by atoms with Crippen molar-refractivity contribution in [3.63, 3.8) is 0 Å². The van der Waals surface area contributed by atoms with Crippen LogP contribution >= 0.6 is 0 Å². The number of hydrogen-bond donors (Lipinski definition) is 0. The van der Waals surface area contributed by atoms with Gasteiger partial charge in [-0.1, -0.05) is 19.9 Å². The minimum atomic E-state index is -0.290. The molecule has 1 aliphatic heterocycles. The summed E-state index contributed by atoms with van der Waals surface area (Å²) in [7, 11) is 0. The average molecular weight is 235 g/mol. The summed E-state index contributed by atoms with van der Waals surface area (Å²) in [6.07, 6.45) is 2.88. The summed E-state index contributed by atoms with van der Waals surface area (Å²) in [6, 6.07) is 5.04. The normalized spacial score (nSPS) is 20.0. The molecule has 92 valence electrons. The van der Waals surface area contributed by atoms with E-state index < -0.39 is 0 Å². The van der Waals surface area contributed by atoms with Gasteiger partial charge in [-0.3, -0.25) is 4.79 Å². The molecule has 1 atom stereocenters. The first-order valence-electron chi connectivity index (χ1n) is 6.15. The van der Waals surface area contributed by atoms with Crippen molar-refractivity contribution in [1.29, 1.82) is 0 Å². The quantitative estimate of drug-likeness (QED) is 0.749. The van der Waals surface area contributed by atoms with Gasteiger partial charge in [-0.05, 0) is 30.9 Å². The summed E-state index contributed by atoms with van der Waals surface area (Å²) in [5, 5.41) is 0. The van der Waals surface area contributed by atoms with Gasteiger partial charge in [-0.2, -0.15) is 0 Å². The molecular weight excluding hydrogens is 217 g/mol. The van der Waals surface area contributed by atoms with E-state index in [4.69, 9.17) is 0 Å². The van der Waals surface area contributed by atoms with Gasteiger partial charge < -0.3 is 4.90 Å². The van der Waals surface area contributed by atoms with Crippen LogP contribution in [0.1, 0.15) is 37.0 Å². The Morgan fingerprint density at radius 3 is 2.88 bits per heavy atom. The van der Waals surface area contributed by atoms with Crippen molar-refractivity contribution in [1.82, 2.24) is 0 Å². The Bertz CT molecular complexity index is 417. The van der Waals surface area contributed by atoms with Crippen LogP contribution in [-0.4, -0.2) is 18.9 Å². The first-order chi connectivity index (χ1) is 8.15. The lowest BCUT2D eigenvalue weighted by Crippen LogP contribution is -2.34. The minimum absolute atomic E-state index is 0.290. The number of carbonyl (C=O) groups excluding carboxylic acids is 1. The van der Waals surface area contributed by atoms with Crippen LogP contribution in [0.2, 0.25) is 0 Å². The average Bonchev–Trinajstić information content (AvgIpc) is 2.77. The van der Waals surface area contributed by atoms with Crippen molar-refractivity contribution in [2.24, 2.45) is 5.92 Å². The molecule has 1 fully saturated rings. The maximum absolute atomic E-state index is 13.9. The van der Waals surface area contributed by atoms with Crippen molar-refractivity contribution in [3.05, 3.63) is 29.6 Å². The van der Waals surface area contributed by atoms with E-state index in [0.717, 1.165) is 25.7 Å². The van der Waals surface area contributed by atoms with Gasteiger partial charge in [0.25, 0.3) is 0 Å². The lowest BCUT2D eigenvalue weighted by Gasteiger charge is -2.30. The van der Waals surface area contributed by atoms with Crippen LogP contribution in [0.4, 0.5) is 10.1 Å². The summed E-state index contributed by atoms with van der Waals surface area (Å²) >= 11 is 0. The largest absolute Gasteiger partial charge is 0.365 e. The number of halogens is 1. The molecule has 0 amide bonds. The fourth-order valence-corrected chi connectivity index (χ4v) is 2.69. The van der Waals surface area contributed by atoms with E-state index in [1.807, 2.05) is 0 Å². The predicted molar refractivity (Wildman–Crippen MR) is 67.0 cm³/mol. The molecule has 1 heterocycles. The fraction of sp³-hybridized carbons (Fsp3) is 0.500. The lowest BCUT2D eigenvalue weighted by atomic mass is 10.0. The highest BCUT2D eigenvalue weighted by Gasteiger charge is 2.30. The molecule has 17 heavy (non-hydrogen) atoms. The highest BCUT2D eigenvalue weighted by molar-refractivity contribution is 5.85. The van der Waals surface area contributed by atoms with Crippen LogP contribution in [-0.2, 0) is 0 Å². The second kappa shape index (κ2) is 4.86. The number of carbonyl (C=O) groups is 1. The number of anilines is 1. The first-order valence-corrected chi connectivity index (χ1v) is 6.15. The standard InChI is InChI=1S/C14H18FNO/c1-10(2)13-7-4-8-16(13)14-11(9-17)5-3-6-12(14)15/h3,5-6,9-10,13H,4,7-8H2,1-2H3. The Labute approximate surface area is 101 Å². The van der Waals surface area contributed by atoms with Crippen LogP contribution in [0.25, 0.3) is 0 Å². The Kier molecular flexibility index (Phi) is 3.46. The van der Waals surface area contributed by atoms with E-state index >= 15 is 0 Å². The van der Waals surface area contributed by atoms with Gasteiger partial charge in [-0.25, -0.2) is 4.39 Å². The van der Waals surface area contributed by atoms with Gasteiger partial charge in [0.1, 0.15) is 5.82 Å². The van der Waals surface area contributed by atoms with E-state index in [0.29, 0.717) is 23.2 Å². The number of rotatable bonds is 3. The Morgan fingerprint density at radius 1 is 1.47 bits per heavy atom. The summed E-state index contributed by atoms with van der Waals surface area (Å²) in [6.45, 7) is 5.12. The molecule has 0 N–H and O–H groups in total. The maximum Gasteiger partial charge on any atom is 0.152 e. The van der Waals surface area contributed by atoms with Crippen LogP contribution in [0.3, 0.4) is 0 Å². The second-order valence-corrected chi connectivity index (χ2v) is 4.94. The van der Waals surface area contributed by atoms with Gasteiger partial charge in [0, 0.05) is 18.2 Å². The maximum atomic E-state index is 13.9. The van der Waals surface area contributed by atoms with Crippen molar-refractivity contribution >= 4 is 12.0 Å². The zero-order valence-electron chi connectivity index (χ0n) is 10.3. The molecule has 1 unspecified atom stereocenters.